The first kappa shape index (κ1) is 9.54. The second-order valence-corrected chi connectivity index (χ2v) is 6.21. The molecule has 1 aromatic rings. The molecule has 0 heterocycles. The summed E-state index contributed by atoms with van der Waals surface area (Å²) in [5.41, 5.74) is 1.39. The van der Waals surface area contributed by atoms with Gasteiger partial charge in [-0.3, -0.25) is 0 Å². The Hall–Kier alpha value is -0.546. The lowest BCUT2D eigenvalue weighted by molar-refractivity contribution is 1.27. The molecule has 1 rings (SSSR count). The van der Waals surface area contributed by atoms with Crippen molar-refractivity contribution in [1.29, 1.82) is 0 Å². The summed E-state index contributed by atoms with van der Waals surface area (Å²) in [7, 11) is 3.59. The molecule has 0 saturated carbocycles. The zero-order valence-corrected chi connectivity index (χ0v) is 11.4. The summed E-state index contributed by atoms with van der Waals surface area (Å²) in [5, 5.41) is 0. The van der Waals surface area contributed by atoms with E-state index < -0.39 is 0 Å². The first-order valence-electron chi connectivity index (χ1n) is 4.60. The average molecular weight is 195 g/mol. The standard InChI is InChI=1S/C9H17NSi2/c1-10(12-8-7-11)9-5-3-2-4-6-9/h2-6H,7-8,12H2,1,11H3. The highest BCUT2D eigenvalue weighted by molar-refractivity contribution is 6.42. The number of hydrogen-bond acceptors (Lipinski definition) is 1. The largest absolute Gasteiger partial charge is 0.406 e. The molecule has 0 amide bonds. The predicted molar refractivity (Wildman–Crippen MR) is 62.9 cm³/mol. The maximum Gasteiger partial charge on any atom is 0.123 e. The molecule has 0 spiro atoms. The van der Waals surface area contributed by atoms with E-state index in [0.29, 0.717) is 0 Å². The molecule has 12 heavy (non-hydrogen) atoms. The summed E-state index contributed by atoms with van der Waals surface area (Å²) in [5.74, 6) is 0. The molecule has 0 aromatic heterocycles. The Morgan fingerprint density at radius 3 is 2.58 bits per heavy atom. The summed E-state index contributed by atoms with van der Waals surface area (Å²) in [4.78, 5) is 0. The lowest BCUT2D eigenvalue weighted by atomic mass is 10.3. The highest BCUT2D eigenvalue weighted by Gasteiger charge is 1.97. The third kappa shape index (κ3) is 2.83. The molecular weight excluding hydrogens is 178 g/mol. The molecular formula is C9H17NSi2. The summed E-state index contributed by atoms with van der Waals surface area (Å²) in [6.45, 7) is 0. The van der Waals surface area contributed by atoms with Gasteiger partial charge in [0, 0.05) is 15.9 Å². The Bertz CT molecular complexity index is 213. The minimum absolute atomic E-state index is 0.00545. The smallest absolute Gasteiger partial charge is 0.123 e. The van der Waals surface area contributed by atoms with Crippen LogP contribution in [0.4, 0.5) is 5.69 Å². The van der Waals surface area contributed by atoms with Crippen LogP contribution in [0.25, 0.3) is 0 Å². The Kier molecular flexibility index (Phi) is 4.10. The summed E-state index contributed by atoms with van der Waals surface area (Å²) in [6.07, 6.45) is 0. The number of para-hydroxylation sites is 1. The molecule has 0 atom stereocenters. The lowest BCUT2D eigenvalue weighted by Gasteiger charge is -2.18. The van der Waals surface area contributed by atoms with Gasteiger partial charge in [-0.25, -0.2) is 0 Å². The van der Waals surface area contributed by atoms with Crippen molar-refractivity contribution in [2.45, 2.75) is 12.1 Å². The molecule has 3 heteroatoms. The van der Waals surface area contributed by atoms with Gasteiger partial charge in [0.25, 0.3) is 0 Å². The van der Waals surface area contributed by atoms with E-state index in [9.17, 15) is 0 Å². The van der Waals surface area contributed by atoms with Crippen LogP contribution >= 0.6 is 0 Å². The molecule has 0 aliphatic carbocycles. The van der Waals surface area contributed by atoms with Crippen LogP contribution in [0, 0.1) is 0 Å². The van der Waals surface area contributed by atoms with Crippen LogP contribution in [0.15, 0.2) is 30.3 Å². The Labute approximate surface area is 80.1 Å². The topological polar surface area (TPSA) is 3.24 Å². The Balaban J connectivity index is 2.48. The molecule has 0 aliphatic rings. The van der Waals surface area contributed by atoms with Crippen molar-refractivity contribution >= 4 is 25.6 Å². The molecule has 0 aliphatic heterocycles. The van der Waals surface area contributed by atoms with E-state index >= 15 is 0 Å². The summed E-state index contributed by atoms with van der Waals surface area (Å²) < 4.78 is 2.46. The fourth-order valence-electron chi connectivity index (χ4n) is 1.21. The first-order chi connectivity index (χ1) is 5.84. The van der Waals surface area contributed by atoms with Crippen LogP contribution in [0.2, 0.25) is 12.1 Å². The van der Waals surface area contributed by atoms with E-state index in [1.54, 1.807) is 0 Å². The minimum Gasteiger partial charge on any atom is -0.406 e. The van der Waals surface area contributed by atoms with E-state index in [2.05, 4.69) is 41.9 Å². The van der Waals surface area contributed by atoms with E-state index in [1.807, 2.05) is 0 Å². The van der Waals surface area contributed by atoms with Crippen LogP contribution in [-0.4, -0.2) is 27.0 Å². The van der Waals surface area contributed by atoms with Gasteiger partial charge in [0.1, 0.15) is 9.68 Å². The molecule has 1 nitrogen and oxygen atoms in total. The fraction of sp³-hybridized carbons (Fsp3) is 0.333. The number of anilines is 1. The second kappa shape index (κ2) is 5.16. The zero-order chi connectivity index (χ0) is 8.81. The summed E-state index contributed by atoms with van der Waals surface area (Å²) in [6, 6.07) is 13.6. The van der Waals surface area contributed by atoms with Crippen LogP contribution < -0.4 is 4.57 Å². The van der Waals surface area contributed by atoms with Gasteiger partial charge in [0.05, 0.1) is 0 Å². The van der Waals surface area contributed by atoms with Gasteiger partial charge >= 0.3 is 0 Å². The number of rotatable bonds is 4. The van der Waals surface area contributed by atoms with E-state index in [-0.39, 0.29) is 9.68 Å². The molecule has 0 saturated heterocycles. The van der Waals surface area contributed by atoms with Crippen LogP contribution in [0.1, 0.15) is 0 Å². The number of hydrogen-bond donors (Lipinski definition) is 0. The zero-order valence-electron chi connectivity index (χ0n) is 7.96. The highest BCUT2D eigenvalue weighted by atomic mass is 28.2. The van der Waals surface area contributed by atoms with E-state index in [4.69, 9.17) is 0 Å². The lowest BCUT2D eigenvalue weighted by Crippen LogP contribution is -2.21. The number of nitrogens with zero attached hydrogens (tertiary/aromatic N) is 1. The van der Waals surface area contributed by atoms with Gasteiger partial charge in [-0.2, -0.15) is 0 Å². The average Bonchev–Trinajstić information content (AvgIpc) is 2.15. The van der Waals surface area contributed by atoms with Gasteiger partial charge in [-0.1, -0.05) is 24.2 Å². The van der Waals surface area contributed by atoms with E-state index in [0.717, 1.165) is 0 Å². The van der Waals surface area contributed by atoms with Gasteiger partial charge in [0.15, 0.2) is 0 Å². The van der Waals surface area contributed by atoms with Gasteiger partial charge in [-0.05, 0) is 25.2 Å². The second-order valence-electron chi connectivity index (χ2n) is 3.11. The highest BCUT2D eigenvalue weighted by Crippen LogP contribution is 2.10. The Morgan fingerprint density at radius 2 is 2.00 bits per heavy atom. The maximum atomic E-state index is 2.46. The summed E-state index contributed by atoms with van der Waals surface area (Å²) >= 11 is 0. The van der Waals surface area contributed by atoms with Crippen LogP contribution in [-0.2, 0) is 0 Å². The van der Waals surface area contributed by atoms with Crippen molar-refractivity contribution in [3.05, 3.63) is 30.3 Å². The van der Waals surface area contributed by atoms with Crippen molar-refractivity contribution in [2.75, 3.05) is 11.6 Å². The number of benzene rings is 1. The Morgan fingerprint density at radius 1 is 1.33 bits per heavy atom. The molecule has 0 radical (unpaired) electrons. The fourth-order valence-corrected chi connectivity index (χ4v) is 3.42. The monoisotopic (exact) mass is 195 g/mol. The molecule has 0 unspecified atom stereocenters. The van der Waals surface area contributed by atoms with Crippen molar-refractivity contribution in [3.8, 4) is 0 Å². The van der Waals surface area contributed by atoms with Crippen molar-refractivity contribution < 1.29 is 0 Å². The normalized spacial score (nSPS) is 11.1. The van der Waals surface area contributed by atoms with Crippen molar-refractivity contribution in [2.24, 2.45) is 0 Å². The SMILES string of the molecule is CN([SiH2]CC[SiH3])c1ccccc1. The van der Waals surface area contributed by atoms with E-state index in [1.165, 1.54) is 28.0 Å². The van der Waals surface area contributed by atoms with Gasteiger partial charge in [0.2, 0.25) is 0 Å². The minimum atomic E-state index is 0.00545. The van der Waals surface area contributed by atoms with Crippen LogP contribution in [0.5, 0.6) is 0 Å². The maximum absolute atomic E-state index is 2.46. The molecule has 0 bridgehead atoms. The predicted octanol–water partition coefficient (Wildman–Crippen LogP) is 0.409. The van der Waals surface area contributed by atoms with Crippen molar-refractivity contribution in [1.82, 2.24) is 0 Å². The molecule has 0 fully saturated rings. The van der Waals surface area contributed by atoms with Gasteiger partial charge in [-0.15, -0.1) is 0 Å². The first-order valence-corrected chi connectivity index (χ1v) is 7.65. The van der Waals surface area contributed by atoms with Gasteiger partial charge < -0.3 is 4.57 Å². The molecule has 66 valence electrons. The molecule has 1 aromatic carbocycles. The van der Waals surface area contributed by atoms with Crippen LogP contribution in [0.3, 0.4) is 0 Å². The van der Waals surface area contributed by atoms with Crippen molar-refractivity contribution in [3.63, 3.8) is 0 Å². The third-order valence-electron chi connectivity index (χ3n) is 2.04. The quantitative estimate of drug-likeness (QED) is 0.629. The molecule has 0 N–H and O–H groups in total. The third-order valence-corrected chi connectivity index (χ3v) is 6.22.